The summed E-state index contributed by atoms with van der Waals surface area (Å²) in [6.07, 6.45) is 17.9. The minimum Gasteiger partial charge on any atom is -0.465 e. The minimum absolute atomic E-state index is 0.0600. The summed E-state index contributed by atoms with van der Waals surface area (Å²) in [5.74, 6) is 2.44. The topological polar surface area (TPSA) is 61.8 Å². The normalized spacial score (nSPS) is 31.7. The SMILES string of the molecule is C=C1CC[C@H](OC(=O)C(C)(COC)COC(C)=O)C/C1=C/C=C1\CCC[C@]2(C)[C@@H]([C@H](C)/C=C/[C@H](C)C(C)C)CC[C@@H]12. The van der Waals surface area contributed by atoms with E-state index in [1.807, 2.05) is 0 Å². The third kappa shape index (κ3) is 8.24. The lowest BCUT2D eigenvalue weighted by molar-refractivity contribution is -0.171. The van der Waals surface area contributed by atoms with E-state index in [4.69, 9.17) is 14.2 Å². The molecule has 3 rings (SSSR count). The molecule has 0 aromatic carbocycles. The van der Waals surface area contributed by atoms with Gasteiger partial charge in [0.05, 0.1) is 6.61 Å². The first-order valence-electron chi connectivity index (χ1n) is 15.9. The molecule has 0 bridgehead atoms. The van der Waals surface area contributed by atoms with Crippen LogP contribution in [0.2, 0.25) is 0 Å². The van der Waals surface area contributed by atoms with Crippen molar-refractivity contribution in [2.24, 2.45) is 40.4 Å². The Hall–Kier alpha value is -2.14. The summed E-state index contributed by atoms with van der Waals surface area (Å²) in [6.45, 7) is 19.4. The third-order valence-corrected chi connectivity index (χ3v) is 10.4. The highest BCUT2D eigenvalue weighted by atomic mass is 16.6. The van der Waals surface area contributed by atoms with Crippen LogP contribution in [0.4, 0.5) is 0 Å². The van der Waals surface area contributed by atoms with Gasteiger partial charge < -0.3 is 14.2 Å². The first kappa shape index (κ1) is 33.4. The standard InChI is InChI=1S/C36H56O5/c1-24(2)25(3)12-13-27(5)32-18-19-33-29(11-10-20-36(32,33)8)15-16-30-21-31(17-14-26(30)4)41-34(38)35(7,22-39-9)23-40-28(6)37/h12-13,15-16,24-25,27,31-33H,4,10-11,14,17-23H2,1-3,5-9H3/b13-12+,29-15+,30-16-/t25-,27+,31-,32+,33-,35?,36+/m0/s1. The Balaban J connectivity index is 1.70. The number of rotatable bonds is 11. The molecule has 0 N–H and O–H groups in total. The number of carbonyl (C=O) groups is 2. The van der Waals surface area contributed by atoms with E-state index in [-0.39, 0.29) is 25.3 Å². The summed E-state index contributed by atoms with van der Waals surface area (Å²) < 4.78 is 16.4. The fourth-order valence-electron chi connectivity index (χ4n) is 7.36. The number of allylic oxidation sites excluding steroid dienone is 6. The van der Waals surface area contributed by atoms with E-state index in [0.29, 0.717) is 35.5 Å². The van der Waals surface area contributed by atoms with Crippen molar-refractivity contribution >= 4 is 11.9 Å². The van der Waals surface area contributed by atoms with Crippen molar-refractivity contribution in [2.45, 2.75) is 106 Å². The smallest absolute Gasteiger partial charge is 0.317 e. The summed E-state index contributed by atoms with van der Waals surface area (Å²) >= 11 is 0. The van der Waals surface area contributed by atoms with E-state index in [1.54, 1.807) is 12.5 Å². The van der Waals surface area contributed by atoms with Crippen molar-refractivity contribution < 1.29 is 23.8 Å². The highest BCUT2D eigenvalue weighted by Gasteiger charge is 2.50. The Morgan fingerprint density at radius 3 is 2.46 bits per heavy atom. The van der Waals surface area contributed by atoms with Crippen molar-refractivity contribution in [3.63, 3.8) is 0 Å². The van der Waals surface area contributed by atoms with E-state index in [2.05, 4.69) is 65.5 Å². The van der Waals surface area contributed by atoms with Crippen LogP contribution in [0.1, 0.15) is 99.8 Å². The molecule has 0 heterocycles. The molecule has 41 heavy (non-hydrogen) atoms. The van der Waals surface area contributed by atoms with Gasteiger partial charge in [0.15, 0.2) is 0 Å². The Kier molecular flexibility index (Phi) is 11.7. The molecule has 0 spiro atoms. The highest BCUT2D eigenvalue weighted by Crippen LogP contribution is 2.59. The van der Waals surface area contributed by atoms with Gasteiger partial charge in [-0.15, -0.1) is 0 Å². The number of methoxy groups -OCH3 is 1. The predicted molar refractivity (Wildman–Crippen MR) is 166 cm³/mol. The Morgan fingerprint density at radius 2 is 1.80 bits per heavy atom. The Bertz CT molecular complexity index is 1030. The van der Waals surface area contributed by atoms with Gasteiger partial charge in [0.2, 0.25) is 0 Å². The van der Waals surface area contributed by atoms with Gasteiger partial charge in [-0.2, -0.15) is 0 Å². The average molecular weight is 569 g/mol. The van der Waals surface area contributed by atoms with E-state index >= 15 is 0 Å². The predicted octanol–water partition coefficient (Wildman–Crippen LogP) is 8.41. The van der Waals surface area contributed by atoms with Gasteiger partial charge in [-0.1, -0.05) is 76.6 Å². The second-order valence-electron chi connectivity index (χ2n) is 14.0. The van der Waals surface area contributed by atoms with Crippen molar-refractivity contribution in [3.05, 3.63) is 47.6 Å². The molecule has 0 amide bonds. The molecular formula is C36H56O5. The zero-order valence-electron chi connectivity index (χ0n) is 27.1. The van der Waals surface area contributed by atoms with E-state index in [9.17, 15) is 9.59 Å². The fourth-order valence-corrected chi connectivity index (χ4v) is 7.36. The van der Waals surface area contributed by atoms with Gasteiger partial charge >= 0.3 is 11.9 Å². The number of hydrogen-bond donors (Lipinski definition) is 0. The molecule has 0 aromatic rings. The molecule has 0 aromatic heterocycles. The minimum atomic E-state index is -1.04. The largest absolute Gasteiger partial charge is 0.465 e. The van der Waals surface area contributed by atoms with Gasteiger partial charge in [-0.25, -0.2) is 0 Å². The molecule has 5 nitrogen and oxygen atoms in total. The number of esters is 2. The van der Waals surface area contributed by atoms with Crippen LogP contribution >= 0.6 is 0 Å². The van der Waals surface area contributed by atoms with Crippen molar-refractivity contribution in [1.29, 1.82) is 0 Å². The molecule has 0 radical (unpaired) electrons. The number of ether oxygens (including phenoxy) is 3. The van der Waals surface area contributed by atoms with Crippen molar-refractivity contribution in [2.75, 3.05) is 20.3 Å². The van der Waals surface area contributed by atoms with Crippen LogP contribution in [-0.4, -0.2) is 38.4 Å². The molecule has 5 heteroatoms. The van der Waals surface area contributed by atoms with Crippen molar-refractivity contribution in [1.82, 2.24) is 0 Å². The second kappa shape index (κ2) is 14.4. The lowest BCUT2D eigenvalue weighted by Gasteiger charge is -2.44. The maximum Gasteiger partial charge on any atom is 0.317 e. The maximum atomic E-state index is 13.1. The molecule has 3 aliphatic carbocycles. The molecule has 230 valence electrons. The molecule has 3 fully saturated rings. The second-order valence-corrected chi connectivity index (χ2v) is 14.0. The van der Waals surface area contributed by atoms with Crippen LogP contribution in [0.3, 0.4) is 0 Å². The first-order valence-corrected chi connectivity index (χ1v) is 15.9. The molecule has 0 aliphatic heterocycles. The lowest BCUT2D eigenvalue weighted by atomic mass is 9.61. The molecule has 3 saturated carbocycles. The fraction of sp³-hybridized carbons (Fsp3) is 0.722. The van der Waals surface area contributed by atoms with Crippen molar-refractivity contribution in [3.8, 4) is 0 Å². The zero-order chi connectivity index (χ0) is 30.4. The van der Waals surface area contributed by atoms with Gasteiger partial charge in [-0.3, -0.25) is 9.59 Å². The molecule has 0 saturated heterocycles. The highest BCUT2D eigenvalue weighted by molar-refractivity contribution is 5.77. The van der Waals surface area contributed by atoms with E-state index < -0.39 is 11.4 Å². The number of hydrogen-bond acceptors (Lipinski definition) is 5. The van der Waals surface area contributed by atoms with Gasteiger partial charge in [0.1, 0.15) is 18.1 Å². The van der Waals surface area contributed by atoms with Gasteiger partial charge in [0, 0.05) is 20.5 Å². The van der Waals surface area contributed by atoms with Crippen LogP contribution in [0.15, 0.2) is 47.6 Å². The van der Waals surface area contributed by atoms with Crippen LogP contribution in [-0.2, 0) is 23.8 Å². The zero-order valence-corrected chi connectivity index (χ0v) is 27.1. The van der Waals surface area contributed by atoms with Crippen LogP contribution < -0.4 is 0 Å². The summed E-state index contributed by atoms with van der Waals surface area (Å²) in [7, 11) is 1.53. The molecule has 1 unspecified atom stereocenters. The van der Waals surface area contributed by atoms with Gasteiger partial charge in [0.25, 0.3) is 0 Å². The van der Waals surface area contributed by atoms with Crippen LogP contribution in [0.5, 0.6) is 0 Å². The quantitative estimate of drug-likeness (QED) is 0.185. The number of carbonyl (C=O) groups excluding carboxylic acids is 2. The Labute approximate surface area is 249 Å². The van der Waals surface area contributed by atoms with E-state index in [0.717, 1.165) is 24.3 Å². The summed E-state index contributed by atoms with van der Waals surface area (Å²) in [5, 5.41) is 0. The van der Waals surface area contributed by atoms with Gasteiger partial charge in [-0.05, 0) is 92.4 Å². The average Bonchev–Trinajstić information content (AvgIpc) is 3.28. The lowest BCUT2D eigenvalue weighted by Crippen LogP contribution is -2.41. The summed E-state index contributed by atoms with van der Waals surface area (Å²) in [4.78, 5) is 24.5. The first-order chi connectivity index (χ1) is 19.3. The third-order valence-electron chi connectivity index (χ3n) is 10.4. The summed E-state index contributed by atoms with van der Waals surface area (Å²) in [6, 6.07) is 0. The molecule has 3 aliphatic rings. The maximum absolute atomic E-state index is 13.1. The number of fused-ring (bicyclic) bond motifs is 1. The molecular weight excluding hydrogens is 512 g/mol. The monoisotopic (exact) mass is 568 g/mol. The van der Waals surface area contributed by atoms with E-state index in [1.165, 1.54) is 51.7 Å². The Morgan fingerprint density at radius 1 is 1.07 bits per heavy atom. The van der Waals surface area contributed by atoms with Crippen LogP contribution in [0.25, 0.3) is 0 Å². The van der Waals surface area contributed by atoms with Crippen LogP contribution in [0, 0.1) is 40.4 Å². The molecule has 7 atom stereocenters. The summed E-state index contributed by atoms with van der Waals surface area (Å²) in [5.41, 5.74) is 3.21.